The van der Waals surface area contributed by atoms with Crippen LogP contribution in [0.5, 0.6) is 5.75 Å². The fraction of sp³-hybridized carbons (Fsp3) is 0.214. The molecule has 1 N–H and O–H groups in total. The highest BCUT2D eigenvalue weighted by molar-refractivity contribution is 14.1. The average molecular weight is 355 g/mol. The Balaban J connectivity index is 2.31. The molecule has 0 saturated heterocycles. The van der Waals surface area contributed by atoms with Crippen LogP contribution < -0.4 is 4.74 Å². The van der Waals surface area contributed by atoms with E-state index in [-0.39, 0.29) is 0 Å². The highest BCUT2D eigenvalue weighted by atomic mass is 127. The fourth-order valence-electron chi connectivity index (χ4n) is 1.71. The van der Waals surface area contributed by atoms with Crippen molar-refractivity contribution in [3.63, 3.8) is 0 Å². The van der Waals surface area contributed by atoms with Gasteiger partial charge in [-0.1, -0.05) is 18.2 Å². The number of ether oxygens (including phenoxy) is 1. The molecule has 0 aliphatic carbocycles. The lowest BCUT2D eigenvalue weighted by Gasteiger charge is -2.13. The molecule has 1 heterocycles. The quantitative estimate of drug-likeness (QED) is 0.857. The van der Waals surface area contributed by atoms with Crippen molar-refractivity contribution in [1.82, 2.24) is 4.98 Å². The third kappa shape index (κ3) is 3.00. The Morgan fingerprint density at radius 1 is 1.33 bits per heavy atom. The van der Waals surface area contributed by atoms with Crippen molar-refractivity contribution in [3.8, 4) is 5.75 Å². The number of aromatic nitrogens is 1. The van der Waals surface area contributed by atoms with Crippen LogP contribution in [0.2, 0.25) is 0 Å². The van der Waals surface area contributed by atoms with E-state index in [0.717, 1.165) is 14.7 Å². The van der Waals surface area contributed by atoms with E-state index in [1.54, 1.807) is 12.4 Å². The lowest BCUT2D eigenvalue weighted by atomic mass is 10.0. The van der Waals surface area contributed by atoms with Crippen LogP contribution in [0.4, 0.5) is 0 Å². The summed E-state index contributed by atoms with van der Waals surface area (Å²) in [6.45, 7) is 2.51. The van der Waals surface area contributed by atoms with Crippen LogP contribution in [0.25, 0.3) is 0 Å². The predicted octanol–water partition coefficient (Wildman–Crippen LogP) is 3.17. The second-order valence-corrected chi connectivity index (χ2v) is 4.97. The molecule has 3 nitrogen and oxygen atoms in total. The van der Waals surface area contributed by atoms with E-state index in [1.807, 2.05) is 37.3 Å². The van der Waals surface area contributed by atoms with Crippen LogP contribution in [0.1, 0.15) is 24.2 Å². The Bertz CT molecular complexity index is 531. The molecule has 0 aliphatic heterocycles. The van der Waals surface area contributed by atoms with Crippen molar-refractivity contribution in [2.75, 3.05) is 6.61 Å². The first-order valence-electron chi connectivity index (χ1n) is 5.72. The zero-order valence-corrected chi connectivity index (χ0v) is 12.2. The number of hydrogen-bond acceptors (Lipinski definition) is 3. The second-order valence-electron chi connectivity index (χ2n) is 3.81. The van der Waals surface area contributed by atoms with Gasteiger partial charge in [-0.25, -0.2) is 0 Å². The summed E-state index contributed by atoms with van der Waals surface area (Å²) in [5.41, 5.74) is 1.62. The smallest absolute Gasteiger partial charge is 0.137 e. The van der Waals surface area contributed by atoms with Gasteiger partial charge in [0.05, 0.1) is 12.8 Å². The molecule has 0 radical (unpaired) electrons. The van der Waals surface area contributed by atoms with Crippen LogP contribution in [0.3, 0.4) is 0 Å². The first kappa shape index (κ1) is 13.3. The van der Waals surface area contributed by atoms with Crippen LogP contribution in [-0.2, 0) is 0 Å². The largest absolute Gasteiger partial charge is 0.492 e. The Labute approximate surface area is 120 Å². The van der Waals surface area contributed by atoms with E-state index in [2.05, 4.69) is 27.6 Å². The van der Waals surface area contributed by atoms with E-state index in [4.69, 9.17) is 4.74 Å². The predicted molar refractivity (Wildman–Crippen MR) is 78.6 cm³/mol. The van der Waals surface area contributed by atoms with Gasteiger partial charge in [0.2, 0.25) is 0 Å². The summed E-state index contributed by atoms with van der Waals surface area (Å²) in [5.74, 6) is 0.681. The first-order valence-corrected chi connectivity index (χ1v) is 6.80. The minimum absolute atomic E-state index is 0.587. The van der Waals surface area contributed by atoms with Gasteiger partial charge in [-0.05, 0) is 47.2 Å². The Morgan fingerprint density at radius 2 is 2.11 bits per heavy atom. The first-order chi connectivity index (χ1) is 8.72. The van der Waals surface area contributed by atoms with E-state index in [0.29, 0.717) is 12.4 Å². The maximum Gasteiger partial charge on any atom is 0.137 e. The van der Waals surface area contributed by atoms with E-state index in [9.17, 15) is 5.11 Å². The molecule has 0 amide bonds. The standard InChI is InChI=1S/C14H14INO2/c1-2-18-11-7-10(8-16-9-11)14(17)12-5-3-4-6-13(12)15/h3-9,14,17H,2H2,1H3. The molecule has 94 valence electrons. The molecule has 1 atom stereocenters. The van der Waals surface area contributed by atoms with Crippen molar-refractivity contribution >= 4 is 22.6 Å². The van der Waals surface area contributed by atoms with Gasteiger partial charge in [0.1, 0.15) is 11.9 Å². The van der Waals surface area contributed by atoms with Crippen molar-refractivity contribution < 1.29 is 9.84 Å². The maximum atomic E-state index is 10.4. The number of benzene rings is 1. The van der Waals surface area contributed by atoms with Crippen molar-refractivity contribution in [2.24, 2.45) is 0 Å². The molecule has 18 heavy (non-hydrogen) atoms. The molecule has 0 bridgehead atoms. The van der Waals surface area contributed by atoms with E-state index < -0.39 is 6.10 Å². The van der Waals surface area contributed by atoms with Gasteiger partial charge in [0.25, 0.3) is 0 Å². The van der Waals surface area contributed by atoms with Gasteiger partial charge >= 0.3 is 0 Å². The van der Waals surface area contributed by atoms with Gasteiger partial charge in [-0.3, -0.25) is 4.98 Å². The second kappa shape index (κ2) is 6.15. The lowest BCUT2D eigenvalue weighted by molar-refractivity contribution is 0.218. The number of halogens is 1. The molecule has 1 unspecified atom stereocenters. The van der Waals surface area contributed by atoms with E-state index >= 15 is 0 Å². The van der Waals surface area contributed by atoms with Crippen LogP contribution >= 0.6 is 22.6 Å². The summed E-state index contributed by atoms with van der Waals surface area (Å²) in [5, 5.41) is 10.4. The number of rotatable bonds is 4. The molecule has 0 aliphatic rings. The SMILES string of the molecule is CCOc1cncc(C(O)c2ccccc2I)c1. The van der Waals surface area contributed by atoms with Crippen molar-refractivity contribution in [1.29, 1.82) is 0 Å². The number of aliphatic hydroxyl groups is 1. The Kier molecular flexibility index (Phi) is 4.54. The highest BCUT2D eigenvalue weighted by Gasteiger charge is 2.14. The zero-order valence-electron chi connectivity index (χ0n) is 10.0. The summed E-state index contributed by atoms with van der Waals surface area (Å²) < 4.78 is 6.42. The van der Waals surface area contributed by atoms with E-state index in [1.165, 1.54) is 0 Å². The fourth-order valence-corrected chi connectivity index (χ4v) is 2.39. The Hall–Kier alpha value is -1.14. The summed E-state index contributed by atoms with van der Waals surface area (Å²) >= 11 is 2.22. The number of hydrogen-bond donors (Lipinski definition) is 1. The van der Waals surface area contributed by atoms with Crippen LogP contribution in [0.15, 0.2) is 42.7 Å². The lowest BCUT2D eigenvalue weighted by Crippen LogP contribution is -2.03. The van der Waals surface area contributed by atoms with Crippen molar-refractivity contribution in [2.45, 2.75) is 13.0 Å². The molecule has 0 saturated carbocycles. The van der Waals surface area contributed by atoms with Crippen LogP contribution in [-0.4, -0.2) is 16.7 Å². The topological polar surface area (TPSA) is 42.4 Å². The van der Waals surface area contributed by atoms with Gasteiger partial charge in [-0.2, -0.15) is 0 Å². The van der Waals surface area contributed by atoms with Gasteiger partial charge in [0.15, 0.2) is 0 Å². The number of aliphatic hydroxyl groups excluding tert-OH is 1. The van der Waals surface area contributed by atoms with Crippen molar-refractivity contribution in [3.05, 3.63) is 57.4 Å². The van der Waals surface area contributed by atoms with Gasteiger partial charge < -0.3 is 9.84 Å². The molecule has 2 rings (SSSR count). The third-order valence-electron chi connectivity index (χ3n) is 2.56. The van der Waals surface area contributed by atoms with Gasteiger partial charge in [0, 0.05) is 15.3 Å². The minimum atomic E-state index is -0.675. The molecule has 1 aromatic heterocycles. The number of pyridine rings is 1. The summed E-state index contributed by atoms with van der Waals surface area (Å²) in [6, 6.07) is 9.58. The van der Waals surface area contributed by atoms with Gasteiger partial charge in [-0.15, -0.1) is 0 Å². The highest BCUT2D eigenvalue weighted by Crippen LogP contribution is 2.27. The molecular formula is C14H14INO2. The molecule has 0 spiro atoms. The minimum Gasteiger partial charge on any atom is -0.492 e. The monoisotopic (exact) mass is 355 g/mol. The molecule has 4 heteroatoms. The van der Waals surface area contributed by atoms with Crippen LogP contribution in [0, 0.1) is 3.57 Å². The number of nitrogens with zero attached hydrogens (tertiary/aromatic N) is 1. The molecular weight excluding hydrogens is 341 g/mol. The maximum absolute atomic E-state index is 10.4. The molecule has 0 fully saturated rings. The molecule has 2 aromatic rings. The normalized spacial score (nSPS) is 12.2. The summed E-state index contributed by atoms with van der Waals surface area (Å²) in [7, 11) is 0. The zero-order chi connectivity index (χ0) is 13.0. The summed E-state index contributed by atoms with van der Waals surface area (Å²) in [4.78, 5) is 4.09. The summed E-state index contributed by atoms with van der Waals surface area (Å²) in [6.07, 6.45) is 2.64. The Morgan fingerprint density at radius 3 is 2.83 bits per heavy atom. The molecule has 1 aromatic carbocycles. The average Bonchev–Trinajstić information content (AvgIpc) is 2.39. The third-order valence-corrected chi connectivity index (χ3v) is 3.54.